The third-order valence-electron chi connectivity index (χ3n) is 6.43. The highest BCUT2D eigenvalue weighted by atomic mass is 16.6. The predicted octanol–water partition coefficient (Wildman–Crippen LogP) is 0.641. The largest absolute Gasteiger partial charge is 0.552 e. The number of nitrogens with one attached hydrogen (secondary N) is 2. The molecule has 2 aromatic rings. The second kappa shape index (κ2) is 13.8. The molecule has 1 unspecified atom stereocenters. The third-order valence-corrected chi connectivity index (χ3v) is 6.43. The smallest absolute Gasteiger partial charge is 0.508 e. The number of carbonyl (C=O) groups is 5. The zero-order valence-corrected chi connectivity index (χ0v) is 23.4. The first-order valence-corrected chi connectivity index (χ1v) is 13.1. The molecule has 0 bridgehead atoms. The molecule has 41 heavy (non-hydrogen) atoms. The summed E-state index contributed by atoms with van der Waals surface area (Å²) < 4.78 is 11.2. The molecule has 0 spiro atoms. The van der Waals surface area contributed by atoms with E-state index in [0.717, 1.165) is 5.56 Å². The fourth-order valence-corrected chi connectivity index (χ4v) is 4.30. The molecule has 1 aliphatic rings. The van der Waals surface area contributed by atoms with Crippen LogP contribution in [0.5, 0.6) is 0 Å². The van der Waals surface area contributed by atoms with Crippen molar-refractivity contribution in [2.75, 3.05) is 14.1 Å². The lowest BCUT2D eigenvalue weighted by Gasteiger charge is -2.38. The molecule has 1 aromatic heterocycles. The van der Waals surface area contributed by atoms with Gasteiger partial charge < -0.3 is 29.9 Å². The average molecular weight is 567 g/mol. The summed E-state index contributed by atoms with van der Waals surface area (Å²) in [7, 11) is 1.42. The van der Waals surface area contributed by atoms with Gasteiger partial charge in [0.1, 0.15) is 11.7 Å². The van der Waals surface area contributed by atoms with Crippen molar-refractivity contribution < 1.29 is 38.4 Å². The summed E-state index contributed by atoms with van der Waals surface area (Å²) >= 11 is 0. The van der Waals surface area contributed by atoms with Crippen LogP contribution in [-0.2, 0) is 34.9 Å². The lowest BCUT2D eigenvalue weighted by Crippen LogP contribution is -2.63. The van der Waals surface area contributed by atoms with Crippen LogP contribution in [0.1, 0.15) is 49.2 Å². The van der Waals surface area contributed by atoms with Gasteiger partial charge in [0, 0.05) is 32.9 Å². The molecule has 0 aliphatic carbocycles. The van der Waals surface area contributed by atoms with Crippen LogP contribution in [0.25, 0.3) is 0 Å². The first-order valence-electron chi connectivity index (χ1n) is 13.1. The summed E-state index contributed by atoms with van der Waals surface area (Å²) in [5.74, 6) is -5.22. The summed E-state index contributed by atoms with van der Waals surface area (Å²) in [5.41, 5.74) is -1.40. The van der Waals surface area contributed by atoms with E-state index in [2.05, 4.69) is 20.6 Å². The monoisotopic (exact) mass is 567 g/mol. The first-order chi connectivity index (χ1) is 19.4. The number of hydrogen-bond donors (Lipinski definition) is 3. The van der Waals surface area contributed by atoms with Gasteiger partial charge in [-0.2, -0.15) is 0 Å². The van der Waals surface area contributed by atoms with E-state index in [-0.39, 0.29) is 24.5 Å². The lowest BCUT2D eigenvalue weighted by molar-refractivity contribution is -0.173. The van der Waals surface area contributed by atoms with Crippen molar-refractivity contribution in [3.05, 3.63) is 60.2 Å². The normalized spacial score (nSPS) is 18.2. The van der Waals surface area contributed by atoms with Crippen LogP contribution < -0.4 is 10.6 Å². The Morgan fingerprint density at radius 2 is 1.83 bits per heavy atom. The second-order valence-corrected chi connectivity index (χ2v) is 10.5. The SMILES string of the molecule is CC(C)C[C@H](NC(=O)C(Cc1ccccc1)NC(=O)c1cnccn1)B1OC(=O)C[C@@](CC(=O)N(C)C)(C(=O)O)O1. The van der Waals surface area contributed by atoms with Crippen LogP contribution in [-0.4, -0.2) is 88.4 Å². The summed E-state index contributed by atoms with van der Waals surface area (Å²) in [5, 5.41) is 15.5. The van der Waals surface area contributed by atoms with Crippen molar-refractivity contribution in [2.24, 2.45) is 5.92 Å². The van der Waals surface area contributed by atoms with E-state index in [9.17, 15) is 29.1 Å². The zero-order chi connectivity index (χ0) is 30.2. The highest BCUT2D eigenvalue weighted by molar-refractivity contribution is 6.50. The van der Waals surface area contributed by atoms with Gasteiger partial charge in [0.15, 0.2) is 5.60 Å². The maximum absolute atomic E-state index is 13.7. The van der Waals surface area contributed by atoms with Gasteiger partial charge in [-0.05, 0) is 17.9 Å². The lowest BCUT2D eigenvalue weighted by atomic mass is 9.70. The van der Waals surface area contributed by atoms with Crippen LogP contribution in [0, 0.1) is 5.92 Å². The van der Waals surface area contributed by atoms with Crippen LogP contribution >= 0.6 is 0 Å². The summed E-state index contributed by atoms with van der Waals surface area (Å²) in [4.78, 5) is 73.0. The Bertz CT molecular complexity index is 1250. The first kappa shape index (κ1) is 31.2. The van der Waals surface area contributed by atoms with Crippen molar-refractivity contribution in [1.29, 1.82) is 0 Å². The van der Waals surface area contributed by atoms with Gasteiger partial charge in [0.05, 0.1) is 25.0 Å². The van der Waals surface area contributed by atoms with Crippen molar-refractivity contribution in [2.45, 2.75) is 57.1 Å². The quantitative estimate of drug-likeness (QED) is 0.309. The molecular weight excluding hydrogens is 533 g/mol. The molecule has 13 nitrogen and oxygen atoms in total. The van der Waals surface area contributed by atoms with Gasteiger partial charge in [-0.25, -0.2) is 9.78 Å². The molecule has 14 heteroatoms. The van der Waals surface area contributed by atoms with Crippen molar-refractivity contribution >= 4 is 36.8 Å². The number of carboxylic acid groups (broad SMARTS) is 1. The zero-order valence-electron chi connectivity index (χ0n) is 23.4. The van der Waals surface area contributed by atoms with Crippen LogP contribution in [0.15, 0.2) is 48.9 Å². The fraction of sp³-hybridized carbons (Fsp3) is 0.444. The Hall–Kier alpha value is -4.33. The molecule has 0 saturated carbocycles. The van der Waals surface area contributed by atoms with Crippen molar-refractivity contribution in [3.63, 3.8) is 0 Å². The van der Waals surface area contributed by atoms with Crippen molar-refractivity contribution in [1.82, 2.24) is 25.5 Å². The number of benzene rings is 1. The summed E-state index contributed by atoms with van der Waals surface area (Å²) in [6.07, 6.45) is 3.11. The van der Waals surface area contributed by atoms with E-state index >= 15 is 0 Å². The predicted molar refractivity (Wildman–Crippen MR) is 146 cm³/mol. The molecule has 1 aromatic carbocycles. The molecule has 2 heterocycles. The molecular formula is C27H34BN5O8. The molecule has 1 aliphatic heterocycles. The van der Waals surface area contributed by atoms with Crippen LogP contribution in [0.3, 0.4) is 0 Å². The van der Waals surface area contributed by atoms with Gasteiger partial charge in [0.25, 0.3) is 11.9 Å². The third kappa shape index (κ3) is 8.58. The molecule has 3 N–H and O–H groups in total. The average Bonchev–Trinajstić information content (AvgIpc) is 2.92. The fourth-order valence-electron chi connectivity index (χ4n) is 4.30. The Kier molecular flexibility index (Phi) is 10.5. The number of hydrogen-bond acceptors (Lipinski definition) is 9. The second-order valence-electron chi connectivity index (χ2n) is 10.5. The van der Waals surface area contributed by atoms with Crippen LogP contribution in [0.2, 0.25) is 0 Å². The molecule has 218 valence electrons. The van der Waals surface area contributed by atoms with Gasteiger partial charge in [-0.15, -0.1) is 0 Å². The molecule has 3 atom stereocenters. The summed E-state index contributed by atoms with van der Waals surface area (Å²) in [6, 6.07) is 7.93. The molecule has 3 amide bonds. The minimum Gasteiger partial charge on any atom is -0.508 e. The van der Waals surface area contributed by atoms with Crippen molar-refractivity contribution in [3.8, 4) is 0 Å². The Labute approximate surface area is 238 Å². The van der Waals surface area contributed by atoms with E-state index < -0.39 is 67.2 Å². The van der Waals surface area contributed by atoms with Gasteiger partial charge >= 0.3 is 13.1 Å². The van der Waals surface area contributed by atoms with E-state index in [1.807, 2.05) is 19.9 Å². The Balaban J connectivity index is 1.88. The standard InChI is InChI=1S/C27H34BN5O8/c1-17(2)12-21(28-40-23(35)15-27(41-28,26(38)39)14-22(34)33(3)4)32-24(36)19(13-18-8-6-5-7-9-18)31-25(37)20-16-29-10-11-30-20/h5-11,16-17,19,21H,12-15H2,1-4H3,(H,31,37)(H,32,36)(H,38,39)/t19?,21-,27-/m0/s1. The highest BCUT2D eigenvalue weighted by Gasteiger charge is 2.55. The Morgan fingerprint density at radius 1 is 1.12 bits per heavy atom. The topological polar surface area (TPSA) is 177 Å². The number of rotatable bonds is 12. The van der Waals surface area contributed by atoms with E-state index in [1.165, 1.54) is 37.6 Å². The number of aliphatic carboxylic acids is 1. The Morgan fingerprint density at radius 3 is 2.41 bits per heavy atom. The molecule has 1 saturated heterocycles. The minimum absolute atomic E-state index is 0.0124. The van der Waals surface area contributed by atoms with Gasteiger partial charge in [-0.3, -0.25) is 24.2 Å². The summed E-state index contributed by atoms with van der Waals surface area (Å²) in [6.45, 7) is 3.72. The maximum atomic E-state index is 13.7. The van der Waals surface area contributed by atoms with E-state index in [4.69, 9.17) is 9.31 Å². The highest BCUT2D eigenvalue weighted by Crippen LogP contribution is 2.30. The number of carboxylic acids is 1. The number of nitrogens with zero attached hydrogens (tertiary/aromatic N) is 3. The van der Waals surface area contributed by atoms with E-state index in [1.54, 1.807) is 24.3 Å². The van der Waals surface area contributed by atoms with E-state index in [0.29, 0.717) is 0 Å². The number of amides is 3. The molecule has 1 fully saturated rings. The molecule has 0 radical (unpaired) electrons. The minimum atomic E-state index is -2.18. The number of aromatic nitrogens is 2. The number of carbonyl (C=O) groups excluding carboxylic acids is 4. The maximum Gasteiger partial charge on any atom is 0.552 e. The van der Waals surface area contributed by atoms with Gasteiger partial charge in [0.2, 0.25) is 11.8 Å². The molecule has 3 rings (SSSR count). The van der Waals surface area contributed by atoms with Gasteiger partial charge in [-0.1, -0.05) is 44.2 Å². The van der Waals surface area contributed by atoms with Crippen LogP contribution in [0.4, 0.5) is 0 Å².